The highest BCUT2D eigenvalue weighted by molar-refractivity contribution is 6.35. The van der Waals surface area contributed by atoms with Crippen molar-refractivity contribution in [1.29, 1.82) is 0 Å². The Morgan fingerprint density at radius 1 is 1.22 bits per heavy atom. The van der Waals surface area contributed by atoms with Gasteiger partial charge in [-0.3, -0.25) is 4.79 Å². The van der Waals surface area contributed by atoms with E-state index in [2.05, 4.69) is 22.5 Å². The van der Waals surface area contributed by atoms with E-state index >= 15 is 0 Å². The first kappa shape index (κ1) is 16.9. The van der Waals surface area contributed by atoms with Crippen molar-refractivity contribution in [3.05, 3.63) is 28.2 Å². The van der Waals surface area contributed by atoms with Gasteiger partial charge in [-0.15, -0.1) is 0 Å². The van der Waals surface area contributed by atoms with Crippen LogP contribution in [0.5, 0.6) is 0 Å². The topological polar surface area (TPSA) is 44.4 Å². The maximum absolute atomic E-state index is 12.9. The van der Waals surface area contributed by atoms with Crippen molar-refractivity contribution < 1.29 is 4.79 Å². The largest absolute Gasteiger partial charge is 0.374 e. The molecule has 1 amide bonds. The van der Waals surface area contributed by atoms with E-state index in [-0.39, 0.29) is 11.9 Å². The fourth-order valence-corrected chi connectivity index (χ4v) is 4.12. The molecular weight excluding hydrogens is 333 g/mol. The van der Waals surface area contributed by atoms with Crippen LogP contribution in [0, 0.1) is 5.92 Å². The van der Waals surface area contributed by atoms with Crippen LogP contribution < -0.4 is 10.6 Å². The highest BCUT2D eigenvalue weighted by Gasteiger charge is 2.36. The summed E-state index contributed by atoms with van der Waals surface area (Å²) in [5.41, 5.74) is 0.803. The molecule has 2 N–H and O–H groups in total. The number of likely N-dealkylation sites (tertiary alicyclic amines) is 1. The first-order valence-electron chi connectivity index (χ1n) is 8.28. The predicted octanol–water partition coefficient (Wildman–Crippen LogP) is 3.39. The molecule has 0 bridgehead atoms. The van der Waals surface area contributed by atoms with E-state index in [1.165, 1.54) is 0 Å². The predicted molar refractivity (Wildman–Crippen MR) is 95.3 cm³/mol. The number of carbonyl (C=O) groups excluding carboxylic acids is 1. The van der Waals surface area contributed by atoms with Crippen molar-refractivity contribution >= 4 is 34.8 Å². The van der Waals surface area contributed by atoms with Crippen LogP contribution in [0.2, 0.25) is 10.0 Å². The summed E-state index contributed by atoms with van der Waals surface area (Å²) in [5.74, 6) is 0.729. The van der Waals surface area contributed by atoms with E-state index in [1.54, 1.807) is 6.07 Å². The number of benzene rings is 1. The lowest BCUT2D eigenvalue weighted by atomic mass is 9.91. The Bertz CT molecular complexity index is 561. The van der Waals surface area contributed by atoms with Crippen LogP contribution in [0.1, 0.15) is 26.2 Å². The van der Waals surface area contributed by atoms with Gasteiger partial charge in [-0.1, -0.05) is 30.1 Å². The number of halogens is 2. The van der Waals surface area contributed by atoms with Crippen LogP contribution in [-0.2, 0) is 4.79 Å². The normalized spacial score (nSPS) is 28.7. The Morgan fingerprint density at radius 3 is 2.65 bits per heavy atom. The van der Waals surface area contributed by atoms with Crippen molar-refractivity contribution in [2.45, 2.75) is 38.3 Å². The molecule has 2 aliphatic heterocycles. The summed E-state index contributed by atoms with van der Waals surface area (Å²) in [4.78, 5) is 15.0. The first-order chi connectivity index (χ1) is 11.0. The molecule has 2 saturated heterocycles. The van der Waals surface area contributed by atoms with Crippen LogP contribution in [-0.4, -0.2) is 42.5 Å². The third-order valence-electron chi connectivity index (χ3n) is 4.86. The molecule has 23 heavy (non-hydrogen) atoms. The monoisotopic (exact) mass is 355 g/mol. The number of hydrogen-bond donors (Lipinski definition) is 2. The van der Waals surface area contributed by atoms with E-state index in [1.807, 2.05) is 12.1 Å². The van der Waals surface area contributed by atoms with Gasteiger partial charge in [0.05, 0.1) is 0 Å². The molecule has 0 aliphatic carbocycles. The van der Waals surface area contributed by atoms with Crippen LogP contribution in [0.15, 0.2) is 18.2 Å². The molecule has 0 spiro atoms. The fraction of sp³-hybridized carbons (Fsp3) is 0.588. The van der Waals surface area contributed by atoms with Gasteiger partial charge in [0.25, 0.3) is 0 Å². The molecule has 2 aliphatic rings. The van der Waals surface area contributed by atoms with Gasteiger partial charge in [-0.05, 0) is 49.9 Å². The smallest absolute Gasteiger partial charge is 0.245 e. The number of nitrogens with zero attached hydrogens (tertiary/aromatic N) is 1. The van der Waals surface area contributed by atoms with E-state index < -0.39 is 0 Å². The van der Waals surface area contributed by atoms with Gasteiger partial charge >= 0.3 is 0 Å². The summed E-state index contributed by atoms with van der Waals surface area (Å²) in [6.07, 6.45) is 2.98. The Balaban J connectivity index is 1.71. The number of anilines is 1. The van der Waals surface area contributed by atoms with Crippen LogP contribution in [0.25, 0.3) is 0 Å². The Kier molecular flexibility index (Phi) is 5.34. The fourth-order valence-electron chi connectivity index (χ4n) is 3.59. The molecule has 0 radical (unpaired) electrons. The molecule has 3 rings (SSSR count). The minimum atomic E-state index is -0.201. The van der Waals surface area contributed by atoms with Gasteiger partial charge in [0.1, 0.15) is 6.04 Å². The maximum atomic E-state index is 12.9. The zero-order valence-electron chi connectivity index (χ0n) is 13.3. The van der Waals surface area contributed by atoms with Crippen LogP contribution in [0.4, 0.5) is 5.69 Å². The molecular formula is C17H23Cl2N3O. The molecule has 6 heteroatoms. The van der Waals surface area contributed by atoms with Gasteiger partial charge in [0.15, 0.2) is 0 Å². The molecule has 2 fully saturated rings. The lowest BCUT2D eigenvalue weighted by molar-refractivity contribution is -0.138. The number of nitrogens with one attached hydrogen (secondary N) is 2. The maximum Gasteiger partial charge on any atom is 0.245 e. The summed E-state index contributed by atoms with van der Waals surface area (Å²) in [7, 11) is 0. The molecule has 0 saturated carbocycles. The van der Waals surface area contributed by atoms with E-state index in [0.717, 1.165) is 44.6 Å². The zero-order valence-corrected chi connectivity index (χ0v) is 14.8. The van der Waals surface area contributed by atoms with Gasteiger partial charge < -0.3 is 15.5 Å². The standard InChI is InChI=1S/C17H23Cl2N3O/c1-11-4-5-20-10-16(11)22-6-2-3-15(17(22)23)21-14-8-12(18)7-13(19)9-14/h7-9,11,15-16,20-21H,2-6,10H2,1H3. The Morgan fingerprint density at radius 2 is 1.96 bits per heavy atom. The number of piperidine rings is 2. The highest BCUT2D eigenvalue weighted by Crippen LogP contribution is 2.27. The molecule has 3 unspecified atom stereocenters. The van der Waals surface area contributed by atoms with Crippen molar-refractivity contribution in [2.24, 2.45) is 5.92 Å². The van der Waals surface area contributed by atoms with Crippen molar-refractivity contribution in [2.75, 3.05) is 25.0 Å². The summed E-state index contributed by atoms with van der Waals surface area (Å²) < 4.78 is 0. The summed E-state index contributed by atoms with van der Waals surface area (Å²) >= 11 is 12.1. The molecule has 126 valence electrons. The summed E-state index contributed by atoms with van der Waals surface area (Å²) in [5, 5.41) is 7.88. The summed E-state index contributed by atoms with van der Waals surface area (Å²) in [6, 6.07) is 5.41. The van der Waals surface area contributed by atoms with Crippen molar-refractivity contribution in [3.63, 3.8) is 0 Å². The van der Waals surface area contributed by atoms with Gasteiger partial charge in [-0.2, -0.15) is 0 Å². The average molecular weight is 356 g/mol. The number of amides is 1. The third-order valence-corrected chi connectivity index (χ3v) is 5.30. The third kappa shape index (κ3) is 3.93. The first-order valence-corrected chi connectivity index (χ1v) is 9.04. The second-order valence-corrected chi connectivity index (χ2v) is 7.44. The van der Waals surface area contributed by atoms with Crippen LogP contribution in [0.3, 0.4) is 0 Å². The molecule has 2 heterocycles. The van der Waals surface area contributed by atoms with Gasteiger partial charge in [0.2, 0.25) is 5.91 Å². The SMILES string of the molecule is CC1CCNCC1N1CCCC(Nc2cc(Cl)cc(Cl)c2)C1=O. The van der Waals surface area contributed by atoms with E-state index in [9.17, 15) is 4.79 Å². The number of rotatable bonds is 3. The van der Waals surface area contributed by atoms with E-state index in [4.69, 9.17) is 23.2 Å². The van der Waals surface area contributed by atoms with Crippen molar-refractivity contribution in [3.8, 4) is 0 Å². The molecule has 3 atom stereocenters. The second-order valence-electron chi connectivity index (χ2n) is 6.57. The molecule has 1 aromatic rings. The highest BCUT2D eigenvalue weighted by atomic mass is 35.5. The van der Waals surface area contributed by atoms with Crippen LogP contribution >= 0.6 is 23.2 Å². The number of hydrogen-bond acceptors (Lipinski definition) is 3. The van der Waals surface area contributed by atoms with Crippen molar-refractivity contribution in [1.82, 2.24) is 10.2 Å². The minimum absolute atomic E-state index is 0.188. The molecule has 1 aromatic carbocycles. The summed E-state index contributed by atoms with van der Waals surface area (Å²) in [6.45, 7) is 5.03. The lowest BCUT2D eigenvalue weighted by Crippen LogP contribution is -2.58. The van der Waals surface area contributed by atoms with Gasteiger partial charge in [-0.25, -0.2) is 0 Å². The quantitative estimate of drug-likeness (QED) is 0.873. The second kappa shape index (κ2) is 7.29. The molecule has 0 aromatic heterocycles. The van der Waals surface area contributed by atoms with E-state index in [0.29, 0.717) is 22.0 Å². The lowest BCUT2D eigenvalue weighted by Gasteiger charge is -2.43. The molecule has 4 nitrogen and oxygen atoms in total. The minimum Gasteiger partial charge on any atom is -0.374 e. The number of carbonyl (C=O) groups is 1. The Labute approximate surface area is 147 Å². The Hall–Kier alpha value is -0.970. The van der Waals surface area contributed by atoms with Gasteiger partial charge in [0, 0.05) is 34.9 Å². The zero-order chi connectivity index (χ0) is 16.4. The average Bonchev–Trinajstić information content (AvgIpc) is 2.49.